The first-order valence-electron chi connectivity index (χ1n) is 11.6. The lowest BCUT2D eigenvalue weighted by Gasteiger charge is -2.40. The van der Waals surface area contributed by atoms with Gasteiger partial charge in [0, 0.05) is 58.3 Å². The van der Waals surface area contributed by atoms with Crippen molar-refractivity contribution in [2.24, 2.45) is 10.9 Å². The van der Waals surface area contributed by atoms with E-state index in [1.165, 1.54) is 11.1 Å². The van der Waals surface area contributed by atoms with Crippen LogP contribution in [-0.4, -0.2) is 75.2 Å². The monoisotopic (exact) mass is 549 g/mol. The van der Waals surface area contributed by atoms with Crippen LogP contribution in [0.5, 0.6) is 0 Å². The second kappa shape index (κ2) is 13.8. The smallest absolute Gasteiger partial charge is 0.191 e. The average molecular weight is 550 g/mol. The molecule has 0 amide bonds. The Morgan fingerprint density at radius 2 is 1.34 bits per heavy atom. The molecule has 0 aliphatic carbocycles. The van der Waals surface area contributed by atoms with Gasteiger partial charge in [-0.25, -0.2) is 0 Å². The van der Waals surface area contributed by atoms with Gasteiger partial charge in [0.1, 0.15) is 0 Å². The summed E-state index contributed by atoms with van der Waals surface area (Å²) in [5.74, 6) is 1.74. The molecular weight excluding hydrogens is 509 g/mol. The first-order chi connectivity index (χ1) is 15.1. The highest BCUT2D eigenvalue weighted by Crippen LogP contribution is 2.23. The van der Waals surface area contributed by atoms with Crippen LogP contribution in [0.3, 0.4) is 0 Å². The Morgan fingerprint density at radius 3 is 1.81 bits per heavy atom. The van der Waals surface area contributed by atoms with E-state index in [4.69, 9.17) is 0 Å². The Bertz CT molecular complexity index is 749. The van der Waals surface area contributed by atoms with E-state index in [1.54, 1.807) is 0 Å². The van der Waals surface area contributed by atoms with Crippen molar-refractivity contribution in [3.05, 3.63) is 71.8 Å². The molecule has 1 aliphatic rings. The fourth-order valence-electron chi connectivity index (χ4n) is 4.36. The highest BCUT2D eigenvalue weighted by atomic mass is 127. The van der Waals surface area contributed by atoms with Crippen molar-refractivity contribution in [3.63, 3.8) is 0 Å². The average Bonchev–Trinajstić information content (AvgIpc) is 2.80. The summed E-state index contributed by atoms with van der Waals surface area (Å²) < 4.78 is 0. The molecule has 32 heavy (non-hydrogen) atoms. The Morgan fingerprint density at radius 1 is 0.844 bits per heavy atom. The number of likely N-dealkylation sites (N-methyl/N-ethyl adjacent to an activating group) is 1. The summed E-state index contributed by atoms with van der Waals surface area (Å²) in [6.45, 7) is 10.9. The third kappa shape index (κ3) is 7.74. The predicted molar refractivity (Wildman–Crippen MR) is 147 cm³/mol. The predicted octanol–water partition coefficient (Wildman–Crippen LogP) is 3.87. The van der Waals surface area contributed by atoms with Gasteiger partial charge in [-0.15, -0.1) is 24.0 Å². The second-order valence-corrected chi connectivity index (χ2v) is 8.86. The number of hydrogen-bond acceptors (Lipinski definition) is 3. The van der Waals surface area contributed by atoms with Crippen LogP contribution in [0, 0.1) is 5.92 Å². The zero-order valence-electron chi connectivity index (χ0n) is 20.0. The number of nitrogens with zero attached hydrogens (tertiary/aromatic N) is 3. The summed E-state index contributed by atoms with van der Waals surface area (Å²) in [7, 11) is 4.07. The summed E-state index contributed by atoms with van der Waals surface area (Å²) in [4.78, 5) is 9.54. The molecule has 2 N–H and O–H groups in total. The van der Waals surface area contributed by atoms with E-state index in [1.807, 2.05) is 7.05 Å². The Balaban J connectivity index is 0.00000363. The lowest BCUT2D eigenvalue weighted by Crippen LogP contribution is -2.55. The highest BCUT2D eigenvalue weighted by molar-refractivity contribution is 14.0. The van der Waals surface area contributed by atoms with E-state index < -0.39 is 0 Å². The second-order valence-electron chi connectivity index (χ2n) is 8.86. The van der Waals surface area contributed by atoms with Crippen LogP contribution in [0.2, 0.25) is 0 Å². The number of aliphatic imine (C=N–C) groups is 1. The number of hydrogen-bond donors (Lipinski definition) is 2. The van der Waals surface area contributed by atoms with Crippen molar-refractivity contribution in [1.82, 2.24) is 20.4 Å². The minimum absolute atomic E-state index is 0. The molecule has 176 valence electrons. The van der Waals surface area contributed by atoms with E-state index in [0.29, 0.717) is 12.0 Å². The molecule has 1 saturated heterocycles. The number of guanidine groups is 1. The molecule has 6 heteroatoms. The lowest BCUT2D eigenvalue weighted by atomic mass is 9.91. The van der Waals surface area contributed by atoms with Gasteiger partial charge in [-0.1, -0.05) is 74.5 Å². The number of benzene rings is 2. The quantitative estimate of drug-likeness (QED) is 0.298. The van der Waals surface area contributed by atoms with Gasteiger partial charge in [-0.05, 0) is 24.1 Å². The molecule has 5 nitrogen and oxygen atoms in total. The van der Waals surface area contributed by atoms with E-state index in [9.17, 15) is 0 Å². The van der Waals surface area contributed by atoms with Crippen molar-refractivity contribution in [1.29, 1.82) is 0 Å². The van der Waals surface area contributed by atoms with Gasteiger partial charge in [0.25, 0.3) is 0 Å². The third-order valence-corrected chi connectivity index (χ3v) is 6.36. The van der Waals surface area contributed by atoms with Crippen LogP contribution in [0.4, 0.5) is 0 Å². The standard InChI is InChI=1S/C26H39N5.HI/c1-21(2)25(31-17-15-30(4)16-18-31)20-29-26(27-3)28-19-24(22-11-7-5-8-12-22)23-13-9-6-10-14-23;/h5-14,21,24-25H,15-20H2,1-4H3,(H2,27,28,29);1H. The van der Waals surface area contributed by atoms with Gasteiger partial charge < -0.3 is 15.5 Å². The molecule has 1 heterocycles. The van der Waals surface area contributed by atoms with Crippen molar-refractivity contribution in [2.75, 3.05) is 53.4 Å². The maximum atomic E-state index is 4.50. The third-order valence-electron chi connectivity index (χ3n) is 6.36. The van der Waals surface area contributed by atoms with Gasteiger partial charge in [-0.3, -0.25) is 9.89 Å². The van der Waals surface area contributed by atoms with Crippen molar-refractivity contribution in [2.45, 2.75) is 25.8 Å². The molecule has 0 radical (unpaired) electrons. The summed E-state index contributed by atoms with van der Waals surface area (Å²) >= 11 is 0. The highest BCUT2D eigenvalue weighted by Gasteiger charge is 2.25. The molecule has 0 spiro atoms. The van der Waals surface area contributed by atoms with Crippen LogP contribution >= 0.6 is 24.0 Å². The van der Waals surface area contributed by atoms with Crippen molar-refractivity contribution < 1.29 is 0 Å². The molecule has 2 aromatic rings. The molecule has 1 aliphatic heterocycles. The van der Waals surface area contributed by atoms with Crippen molar-refractivity contribution >= 4 is 29.9 Å². The first-order valence-corrected chi connectivity index (χ1v) is 11.6. The molecule has 0 aromatic heterocycles. The topological polar surface area (TPSA) is 42.9 Å². The Kier molecular flexibility index (Phi) is 11.5. The summed E-state index contributed by atoms with van der Waals surface area (Å²) in [6, 6.07) is 21.9. The maximum absolute atomic E-state index is 4.50. The van der Waals surface area contributed by atoms with Crippen LogP contribution in [0.25, 0.3) is 0 Å². The van der Waals surface area contributed by atoms with Gasteiger partial charge in [-0.2, -0.15) is 0 Å². The molecule has 1 atom stereocenters. The molecular formula is C26H40IN5. The van der Waals surface area contributed by atoms with Gasteiger partial charge >= 0.3 is 0 Å². The lowest BCUT2D eigenvalue weighted by molar-refractivity contribution is 0.0900. The van der Waals surface area contributed by atoms with Crippen LogP contribution in [-0.2, 0) is 0 Å². The Labute approximate surface area is 211 Å². The summed E-state index contributed by atoms with van der Waals surface area (Å²) in [6.07, 6.45) is 0. The van der Waals surface area contributed by atoms with E-state index in [2.05, 4.69) is 107 Å². The maximum Gasteiger partial charge on any atom is 0.191 e. The van der Waals surface area contributed by atoms with E-state index >= 15 is 0 Å². The fourth-order valence-corrected chi connectivity index (χ4v) is 4.36. The summed E-state index contributed by atoms with van der Waals surface area (Å²) in [5, 5.41) is 7.18. The normalized spacial score (nSPS) is 16.6. The van der Waals surface area contributed by atoms with Crippen LogP contribution in [0.15, 0.2) is 65.7 Å². The van der Waals surface area contributed by atoms with Gasteiger partial charge in [0.15, 0.2) is 5.96 Å². The number of halogens is 1. The zero-order valence-corrected chi connectivity index (χ0v) is 22.3. The zero-order chi connectivity index (χ0) is 22.1. The minimum Gasteiger partial charge on any atom is -0.355 e. The molecule has 3 rings (SSSR count). The van der Waals surface area contributed by atoms with Gasteiger partial charge in [0.05, 0.1) is 0 Å². The number of rotatable bonds is 8. The van der Waals surface area contributed by atoms with E-state index in [-0.39, 0.29) is 29.9 Å². The van der Waals surface area contributed by atoms with Crippen LogP contribution in [0.1, 0.15) is 30.9 Å². The molecule has 0 saturated carbocycles. The van der Waals surface area contributed by atoms with Gasteiger partial charge in [0.2, 0.25) is 0 Å². The number of piperazine rings is 1. The summed E-state index contributed by atoms with van der Waals surface area (Å²) in [5.41, 5.74) is 2.63. The first kappa shape index (κ1) is 26.6. The molecule has 1 unspecified atom stereocenters. The molecule has 2 aromatic carbocycles. The Hall–Kier alpha value is -1.64. The van der Waals surface area contributed by atoms with Crippen LogP contribution < -0.4 is 10.6 Å². The molecule has 1 fully saturated rings. The fraction of sp³-hybridized carbons (Fsp3) is 0.500. The molecule has 0 bridgehead atoms. The van der Waals surface area contributed by atoms with Crippen molar-refractivity contribution in [3.8, 4) is 0 Å². The SMILES string of the molecule is CN=C(NCC(c1ccccc1)c1ccccc1)NCC(C(C)C)N1CCN(C)CC1.I. The van der Waals surface area contributed by atoms with E-state index in [0.717, 1.165) is 45.2 Å². The number of nitrogens with one attached hydrogen (secondary N) is 2. The minimum atomic E-state index is 0. The largest absolute Gasteiger partial charge is 0.355 e.